The summed E-state index contributed by atoms with van der Waals surface area (Å²) in [5.41, 5.74) is 1.24. The van der Waals surface area contributed by atoms with Gasteiger partial charge in [-0.3, -0.25) is 9.79 Å². The van der Waals surface area contributed by atoms with Gasteiger partial charge in [0, 0.05) is 51.0 Å². The predicted molar refractivity (Wildman–Crippen MR) is 136 cm³/mol. The molecule has 2 N–H and O–H groups in total. The molecule has 1 aliphatic heterocycles. The van der Waals surface area contributed by atoms with Crippen LogP contribution in [0.25, 0.3) is 0 Å². The number of nitrogens with zero attached hydrogens (tertiary/aromatic N) is 2. The van der Waals surface area contributed by atoms with E-state index in [0.717, 1.165) is 62.8 Å². The molecule has 1 aromatic carbocycles. The van der Waals surface area contributed by atoms with Crippen LogP contribution < -0.4 is 15.4 Å². The van der Waals surface area contributed by atoms with Crippen molar-refractivity contribution in [3.63, 3.8) is 0 Å². The topological polar surface area (TPSA) is 79.1 Å². The minimum absolute atomic E-state index is 0. The lowest BCUT2D eigenvalue weighted by molar-refractivity contribution is -0.128. The number of halogens is 1. The number of aliphatic imine (C=N–C) groups is 1. The Hall–Kier alpha value is -2.23. The van der Waals surface area contributed by atoms with Gasteiger partial charge >= 0.3 is 0 Å². The highest BCUT2D eigenvalue weighted by Gasteiger charge is 2.39. The molecule has 1 amide bonds. The van der Waals surface area contributed by atoms with Crippen LogP contribution in [0.5, 0.6) is 5.75 Å². The Bertz CT molecular complexity index is 866. The lowest BCUT2D eigenvalue weighted by atomic mass is 10.1. The fourth-order valence-corrected chi connectivity index (χ4v) is 3.94. The minimum Gasteiger partial charge on any atom is -0.497 e. The lowest BCUT2D eigenvalue weighted by Crippen LogP contribution is -2.40. The maximum Gasteiger partial charge on any atom is 0.223 e. The molecule has 2 aromatic rings. The van der Waals surface area contributed by atoms with Gasteiger partial charge in [0.25, 0.3) is 0 Å². The Kier molecular flexibility index (Phi) is 9.25. The fraction of sp³-hybridized carbons (Fsp3) is 0.500. The van der Waals surface area contributed by atoms with E-state index in [1.807, 2.05) is 24.3 Å². The number of guanidine groups is 1. The number of hydrogen-bond donors (Lipinski definition) is 2. The summed E-state index contributed by atoms with van der Waals surface area (Å²) in [7, 11) is 1.68. The van der Waals surface area contributed by atoms with Crippen molar-refractivity contribution in [2.75, 3.05) is 33.3 Å². The van der Waals surface area contributed by atoms with E-state index >= 15 is 0 Å². The number of methoxy groups -OCH3 is 1. The third-order valence-electron chi connectivity index (χ3n) is 5.84. The molecule has 0 spiro atoms. The Morgan fingerprint density at radius 2 is 1.91 bits per heavy atom. The van der Waals surface area contributed by atoms with Crippen LogP contribution in [0.4, 0.5) is 0 Å². The molecule has 8 heteroatoms. The Labute approximate surface area is 207 Å². The summed E-state index contributed by atoms with van der Waals surface area (Å²) < 4.78 is 10.6. The van der Waals surface area contributed by atoms with E-state index in [0.29, 0.717) is 30.8 Å². The molecule has 1 unspecified atom stereocenters. The molecule has 0 bridgehead atoms. The number of benzene rings is 1. The summed E-state index contributed by atoms with van der Waals surface area (Å²) in [5.74, 6) is 3.20. The maximum absolute atomic E-state index is 12.2. The third kappa shape index (κ3) is 7.15. The van der Waals surface area contributed by atoms with Gasteiger partial charge in [-0.2, -0.15) is 0 Å². The van der Waals surface area contributed by atoms with Gasteiger partial charge in [-0.1, -0.05) is 12.1 Å². The van der Waals surface area contributed by atoms with E-state index < -0.39 is 0 Å². The zero-order valence-electron chi connectivity index (χ0n) is 18.6. The second kappa shape index (κ2) is 12.1. The average molecular weight is 552 g/mol. The molecule has 0 radical (unpaired) electrons. The molecule has 2 aliphatic rings. The number of carbonyl (C=O) groups excluding carboxylic acids is 1. The van der Waals surface area contributed by atoms with Gasteiger partial charge in [0.2, 0.25) is 5.91 Å². The summed E-state index contributed by atoms with van der Waals surface area (Å²) in [6.07, 6.45) is 6.32. The Balaban J connectivity index is 0.00000289. The van der Waals surface area contributed by atoms with E-state index in [2.05, 4.69) is 27.7 Å². The van der Waals surface area contributed by atoms with Crippen molar-refractivity contribution in [3.05, 3.63) is 54.0 Å². The number of nitrogens with one attached hydrogen (secondary N) is 2. The molecule has 7 nitrogen and oxygen atoms in total. The largest absolute Gasteiger partial charge is 0.497 e. The SMILES string of the molecule is COc1ccc(CCNC(=NCC2CC(=O)N(C3CC3)C2)NCCc2ccco2)cc1.I. The monoisotopic (exact) mass is 552 g/mol. The molecule has 2 heterocycles. The van der Waals surface area contributed by atoms with Crippen molar-refractivity contribution < 1.29 is 13.9 Å². The summed E-state index contributed by atoms with van der Waals surface area (Å²) in [6.45, 7) is 3.02. The molecule has 1 aromatic heterocycles. The first-order chi connectivity index (χ1) is 15.2. The van der Waals surface area contributed by atoms with Crippen LogP contribution in [0, 0.1) is 5.92 Å². The molecule has 32 heavy (non-hydrogen) atoms. The van der Waals surface area contributed by atoms with Crippen molar-refractivity contribution in [3.8, 4) is 5.75 Å². The second-order valence-corrected chi connectivity index (χ2v) is 8.32. The van der Waals surface area contributed by atoms with E-state index in [1.54, 1.807) is 13.4 Å². The second-order valence-electron chi connectivity index (χ2n) is 8.32. The van der Waals surface area contributed by atoms with Crippen molar-refractivity contribution in [1.29, 1.82) is 0 Å². The van der Waals surface area contributed by atoms with Crippen LogP contribution in [0.15, 0.2) is 52.1 Å². The van der Waals surface area contributed by atoms with E-state index in [9.17, 15) is 4.79 Å². The molecule has 4 rings (SSSR count). The molecule has 1 saturated carbocycles. The van der Waals surface area contributed by atoms with Gasteiger partial charge < -0.3 is 24.7 Å². The van der Waals surface area contributed by atoms with Gasteiger partial charge in [-0.15, -0.1) is 24.0 Å². The highest BCUT2D eigenvalue weighted by atomic mass is 127. The Morgan fingerprint density at radius 1 is 1.16 bits per heavy atom. The zero-order chi connectivity index (χ0) is 21.5. The minimum atomic E-state index is 0. The molecular weight excluding hydrogens is 519 g/mol. The number of ether oxygens (including phenoxy) is 1. The first kappa shape index (κ1) is 24.4. The zero-order valence-corrected chi connectivity index (χ0v) is 20.9. The van der Waals surface area contributed by atoms with E-state index in [4.69, 9.17) is 14.1 Å². The van der Waals surface area contributed by atoms with Crippen molar-refractivity contribution in [1.82, 2.24) is 15.5 Å². The smallest absolute Gasteiger partial charge is 0.223 e. The molecular formula is C24H33IN4O3. The quantitative estimate of drug-likeness (QED) is 0.269. The highest BCUT2D eigenvalue weighted by molar-refractivity contribution is 14.0. The summed E-state index contributed by atoms with van der Waals surface area (Å²) in [6, 6.07) is 12.5. The lowest BCUT2D eigenvalue weighted by Gasteiger charge is -2.16. The predicted octanol–water partition coefficient (Wildman–Crippen LogP) is 3.24. The maximum atomic E-state index is 12.2. The van der Waals surface area contributed by atoms with Crippen LogP contribution in [-0.4, -0.2) is 56.1 Å². The van der Waals surface area contributed by atoms with Crippen LogP contribution in [-0.2, 0) is 17.6 Å². The van der Waals surface area contributed by atoms with Crippen LogP contribution in [0.1, 0.15) is 30.6 Å². The van der Waals surface area contributed by atoms with Gasteiger partial charge in [0.05, 0.1) is 13.4 Å². The molecule has 2 fully saturated rings. The third-order valence-corrected chi connectivity index (χ3v) is 5.84. The number of amides is 1. The van der Waals surface area contributed by atoms with E-state index in [-0.39, 0.29) is 24.0 Å². The van der Waals surface area contributed by atoms with Crippen molar-refractivity contribution in [2.45, 2.75) is 38.1 Å². The van der Waals surface area contributed by atoms with Gasteiger partial charge in [0.15, 0.2) is 5.96 Å². The summed E-state index contributed by atoms with van der Waals surface area (Å²) in [5, 5.41) is 6.84. The number of likely N-dealkylation sites (tertiary alicyclic amines) is 1. The van der Waals surface area contributed by atoms with Crippen molar-refractivity contribution in [2.24, 2.45) is 10.9 Å². The van der Waals surface area contributed by atoms with Crippen LogP contribution >= 0.6 is 24.0 Å². The molecule has 1 aliphatic carbocycles. The standard InChI is InChI=1S/C24H32N4O3.HI/c1-30-21-8-4-18(5-9-21)10-12-25-24(26-13-11-22-3-2-14-31-22)27-16-19-15-23(29)28(17-19)20-6-7-20;/h2-5,8-9,14,19-20H,6-7,10-13,15-17H2,1H3,(H2,25,26,27);1H. The van der Waals surface area contributed by atoms with Gasteiger partial charge in [-0.05, 0) is 49.1 Å². The van der Waals surface area contributed by atoms with Gasteiger partial charge in [0.1, 0.15) is 11.5 Å². The first-order valence-corrected chi connectivity index (χ1v) is 11.2. The molecule has 1 saturated heterocycles. The average Bonchev–Trinajstić information content (AvgIpc) is 3.36. The van der Waals surface area contributed by atoms with Gasteiger partial charge in [-0.25, -0.2) is 0 Å². The highest BCUT2D eigenvalue weighted by Crippen LogP contribution is 2.32. The number of furan rings is 1. The van der Waals surface area contributed by atoms with Crippen molar-refractivity contribution >= 4 is 35.8 Å². The normalized spacial score (nSPS) is 18.4. The van der Waals surface area contributed by atoms with Crippen LogP contribution in [0.2, 0.25) is 0 Å². The number of hydrogen-bond acceptors (Lipinski definition) is 4. The van der Waals surface area contributed by atoms with E-state index in [1.165, 1.54) is 5.56 Å². The summed E-state index contributed by atoms with van der Waals surface area (Å²) >= 11 is 0. The van der Waals surface area contributed by atoms with Crippen LogP contribution in [0.3, 0.4) is 0 Å². The number of carbonyl (C=O) groups is 1. The molecule has 1 atom stereocenters. The first-order valence-electron chi connectivity index (χ1n) is 11.2. The summed E-state index contributed by atoms with van der Waals surface area (Å²) in [4.78, 5) is 19.1. The molecule has 174 valence electrons. The fourth-order valence-electron chi connectivity index (χ4n) is 3.94. The number of rotatable bonds is 10. The Morgan fingerprint density at radius 3 is 2.56 bits per heavy atom.